The Morgan fingerprint density at radius 1 is 1.31 bits per heavy atom. The van der Waals surface area contributed by atoms with Crippen molar-refractivity contribution in [2.24, 2.45) is 5.73 Å². The largest absolute Gasteiger partial charge is 0.383 e. The summed E-state index contributed by atoms with van der Waals surface area (Å²) in [7, 11) is 1.57. The van der Waals surface area contributed by atoms with Crippen molar-refractivity contribution in [1.82, 2.24) is 10.6 Å². The van der Waals surface area contributed by atoms with Gasteiger partial charge in [0.15, 0.2) is 0 Å². The van der Waals surface area contributed by atoms with E-state index in [0.717, 1.165) is 12.8 Å². The van der Waals surface area contributed by atoms with E-state index in [-0.39, 0.29) is 18.2 Å². The molecule has 1 aliphatic carbocycles. The van der Waals surface area contributed by atoms with Crippen LogP contribution in [0.4, 0.5) is 0 Å². The minimum absolute atomic E-state index is 0.0979. The van der Waals surface area contributed by atoms with Gasteiger partial charge in [0.25, 0.3) is 0 Å². The van der Waals surface area contributed by atoms with Gasteiger partial charge in [0.2, 0.25) is 11.8 Å². The molecule has 0 aromatic heterocycles. The van der Waals surface area contributed by atoms with Crippen molar-refractivity contribution in [3.63, 3.8) is 0 Å². The third-order valence-corrected chi connectivity index (χ3v) is 2.51. The quantitative estimate of drug-likeness (QED) is 0.475. The summed E-state index contributed by atoms with van der Waals surface area (Å²) < 4.78 is 4.79. The molecule has 4 N–H and O–H groups in total. The Hall–Kier alpha value is -1.14. The Bertz CT molecular complexity index is 264. The summed E-state index contributed by atoms with van der Waals surface area (Å²) in [5, 5.41) is 5.32. The fourth-order valence-corrected chi connectivity index (χ4v) is 1.21. The lowest BCUT2D eigenvalue weighted by Gasteiger charge is -2.09. The molecule has 0 aromatic carbocycles. The normalized spacial score (nSPS) is 16.6. The molecule has 1 fully saturated rings. The van der Waals surface area contributed by atoms with Crippen molar-refractivity contribution in [2.75, 3.05) is 26.8 Å². The van der Waals surface area contributed by atoms with Crippen LogP contribution in [0.5, 0.6) is 0 Å². The lowest BCUT2D eigenvalue weighted by atomic mass is 10.2. The van der Waals surface area contributed by atoms with E-state index >= 15 is 0 Å². The van der Waals surface area contributed by atoms with Gasteiger partial charge < -0.3 is 21.1 Å². The van der Waals surface area contributed by atoms with Gasteiger partial charge in [-0.2, -0.15) is 0 Å². The molecular formula is C10H19N3O3. The van der Waals surface area contributed by atoms with Crippen molar-refractivity contribution >= 4 is 11.8 Å². The Kier molecular flexibility index (Phi) is 4.70. The van der Waals surface area contributed by atoms with Crippen LogP contribution in [-0.2, 0) is 14.3 Å². The van der Waals surface area contributed by atoms with E-state index in [9.17, 15) is 9.59 Å². The van der Waals surface area contributed by atoms with Gasteiger partial charge in [-0.25, -0.2) is 0 Å². The van der Waals surface area contributed by atoms with Crippen LogP contribution in [0.1, 0.15) is 19.3 Å². The molecule has 0 bridgehead atoms. The molecule has 0 saturated heterocycles. The SMILES string of the molecule is COCCNC(=O)CCNC(=O)C1(N)CC1. The maximum atomic E-state index is 11.4. The Morgan fingerprint density at radius 3 is 2.56 bits per heavy atom. The van der Waals surface area contributed by atoms with Crippen LogP contribution in [0.3, 0.4) is 0 Å². The topological polar surface area (TPSA) is 93.5 Å². The third kappa shape index (κ3) is 4.16. The van der Waals surface area contributed by atoms with Gasteiger partial charge in [0, 0.05) is 26.6 Å². The number of methoxy groups -OCH3 is 1. The molecule has 0 heterocycles. The second kappa shape index (κ2) is 5.81. The first-order valence-electron chi connectivity index (χ1n) is 5.41. The van der Waals surface area contributed by atoms with Crippen molar-refractivity contribution < 1.29 is 14.3 Å². The average Bonchev–Trinajstić information content (AvgIpc) is 2.98. The molecule has 92 valence electrons. The van der Waals surface area contributed by atoms with Gasteiger partial charge in [-0.15, -0.1) is 0 Å². The molecule has 1 aliphatic rings. The fraction of sp³-hybridized carbons (Fsp3) is 0.800. The van der Waals surface area contributed by atoms with E-state index in [1.54, 1.807) is 7.11 Å². The van der Waals surface area contributed by atoms with E-state index in [1.807, 2.05) is 0 Å². The first-order chi connectivity index (χ1) is 7.58. The second-order valence-electron chi connectivity index (χ2n) is 4.00. The van der Waals surface area contributed by atoms with Gasteiger partial charge >= 0.3 is 0 Å². The number of amides is 2. The number of ether oxygens (including phenoxy) is 1. The van der Waals surface area contributed by atoms with E-state index in [1.165, 1.54) is 0 Å². The molecule has 0 atom stereocenters. The number of carbonyl (C=O) groups excluding carboxylic acids is 2. The van der Waals surface area contributed by atoms with Gasteiger partial charge in [-0.3, -0.25) is 9.59 Å². The van der Waals surface area contributed by atoms with Gasteiger partial charge in [0.05, 0.1) is 12.1 Å². The van der Waals surface area contributed by atoms with Crippen molar-refractivity contribution in [3.05, 3.63) is 0 Å². The maximum Gasteiger partial charge on any atom is 0.240 e. The molecule has 2 amide bonds. The number of rotatable bonds is 7. The van der Waals surface area contributed by atoms with Crippen LogP contribution in [0.15, 0.2) is 0 Å². The Balaban J connectivity index is 2.02. The number of hydrogen-bond acceptors (Lipinski definition) is 4. The smallest absolute Gasteiger partial charge is 0.240 e. The predicted molar refractivity (Wildman–Crippen MR) is 58.7 cm³/mol. The summed E-state index contributed by atoms with van der Waals surface area (Å²) >= 11 is 0. The molecular weight excluding hydrogens is 210 g/mol. The van der Waals surface area contributed by atoms with E-state index in [2.05, 4.69) is 10.6 Å². The molecule has 6 nitrogen and oxygen atoms in total. The lowest BCUT2D eigenvalue weighted by molar-refractivity contribution is -0.123. The van der Waals surface area contributed by atoms with E-state index < -0.39 is 5.54 Å². The zero-order valence-corrected chi connectivity index (χ0v) is 9.54. The van der Waals surface area contributed by atoms with Crippen LogP contribution in [-0.4, -0.2) is 44.2 Å². The van der Waals surface area contributed by atoms with Gasteiger partial charge in [0.1, 0.15) is 0 Å². The maximum absolute atomic E-state index is 11.4. The average molecular weight is 229 g/mol. The molecule has 1 saturated carbocycles. The Labute approximate surface area is 94.9 Å². The minimum Gasteiger partial charge on any atom is -0.383 e. The standard InChI is InChI=1S/C10H19N3O3/c1-16-7-6-12-8(14)2-5-13-9(15)10(11)3-4-10/h2-7,11H2,1H3,(H,12,14)(H,13,15). The molecule has 16 heavy (non-hydrogen) atoms. The molecule has 0 radical (unpaired) electrons. The summed E-state index contributed by atoms with van der Waals surface area (Å²) in [6.07, 6.45) is 1.74. The van der Waals surface area contributed by atoms with Crippen LogP contribution in [0, 0.1) is 0 Å². The highest BCUT2D eigenvalue weighted by atomic mass is 16.5. The summed E-state index contributed by atoms with van der Waals surface area (Å²) in [6, 6.07) is 0. The van der Waals surface area contributed by atoms with Crippen LogP contribution in [0.25, 0.3) is 0 Å². The monoisotopic (exact) mass is 229 g/mol. The zero-order chi connectivity index (χ0) is 12.0. The van der Waals surface area contributed by atoms with Crippen molar-refractivity contribution in [2.45, 2.75) is 24.8 Å². The summed E-state index contributed by atoms with van der Waals surface area (Å²) in [4.78, 5) is 22.6. The highest BCUT2D eigenvalue weighted by molar-refractivity contribution is 5.89. The van der Waals surface area contributed by atoms with Crippen LogP contribution < -0.4 is 16.4 Å². The van der Waals surface area contributed by atoms with Crippen molar-refractivity contribution in [1.29, 1.82) is 0 Å². The molecule has 0 aromatic rings. The Morgan fingerprint density at radius 2 is 2.00 bits per heavy atom. The second-order valence-corrected chi connectivity index (χ2v) is 4.00. The number of nitrogens with two attached hydrogens (primary N) is 1. The highest BCUT2D eigenvalue weighted by Crippen LogP contribution is 2.31. The van der Waals surface area contributed by atoms with Crippen LogP contribution in [0.2, 0.25) is 0 Å². The summed E-state index contributed by atoms with van der Waals surface area (Å²) in [5.74, 6) is -0.253. The number of carbonyl (C=O) groups is 2. The molecule has 0 aliphatic heterocycles. The van der Waals surface area contributed by atoms with Gasteiger partial charge in [-0.05, 0) is 12.8 Å². The van der Waals surface area contributed by atoms with E-state index in [4.69, 9.17) is 10.5 Å². The first-order valence-corrected chi connectivity index (χ1v) is 5.41. The third-order valence-electron chi connectivity index (χ3n) is 2.51. The summed E-state index contributed by atoms with van der Waals surface area (Å²) in [6.45, 7) is 1.31. The fourth-order valence-electron chi connectivity index (χ4n) is 1.21. The van der Waals surface area contributed by atoms with Gasteiger partial charge in [-0.1, -0.05) is 0 Å². The summed E-state index contributed by atoms with van der Waals surface area (Å²) in [5.41, 5.74) is 5.02. The molecule has 0 spiro atoms. The zero-order valence-electron chi connectivity index (χ0n) is 9.54. The number of hydrogen-bond donors (Lipinski definition) is 3. The first kappa shape index (κ1) is 12.9. The van der Waals surface area contributed by atoms with E-state index in [0.29, 0.717) is 19.7 Å². The molecule has 6 heteroatoms. The van der Waals surface area contributed by atoms with Crippen LogP contribution >= 0.6 is 0 Å². The predicted octanol–water partition coefficient (Wildman–Crippen LogP) is -1.25. The number of nitrogens with one attached hydrogen (secondary N) is 2. The minimum atomic E-state index is -0.660. The highest BCUT2D eigenvalue weighted by Gasteiger charge is 2.45. The van der Waals surface area contributed by atoms with Crippen molar-refractivity contribution in [3.8, 4) is 0 Å². The molecule has 0 unspecified atom stereocenters. The lowest BCUT2D eigenvalue weighted by Crippen LogP contribution is -2.43. The molecule has 1 rings (SSSR count).